The molecular weight excluding hydrogens is 272 g/mol. The third-order valence-electron chi connectivity index (χ3n) is 2.81. The normalized spacial score (nSPS) is 10.7. The molecule has 10 nitrogen and oxygen atoms in total. The second-order valence-corrected chi connectivity index (χ2v) is 4.32. The first-order valence-electron chi connectivity index (χ1n) is 6.29. The SMILES string of the molecule is Cn1cnnc1CCNc1nc(N)nc(-n2ccnc2)n1. The molecule has 0 fully saturated rings. The quantitative estimate of drug-likeness (QED) is 0.638. The molecule has 0 amide bonds. The highest BCUT2D eigenvalue weighted by Crippen LogP contribution is 2.07. The molecule has 3 aromatic rings. The fourth-order valence-electron chi connectivity index (χ4n) is 1.77. The van der Waals surface area contributed by atoms with E-state index in [0.29, 0.717) is 24.9 Å². The van der Waals surface area contributed by atoms with Crippen LogP contribution in [0.15, 0.2) is 25.0 Å². The van der Waals surface area contributed by atoms with Crippen LogP contribution in [0.1, 0.15) is 5.82 Å². The van der Waals surface area contributed by atoms with E-state index in [1.54, 1.807) is 29.6 Å². The van der Waals surface area contributed by atoms with Crippen molar-refractivity contribution in [2.45, 2.75) is 6.42 Å². The van der Waals surface area contributed by atoms with Crippen molar-refractivity contribution in [1.82, 2.24) is 39.3 Å². The molecule has 3 N–H and O–H groups in total. The van der Waals surface area contributed by atoms with Crippen LogP contribution in [0.3, 0.4) is 0 Å². The molecule has 0 atom stereocenters. The van der Waals surface area contributed by atoms with Gasteiger partial charge in [-0.2, -0.15) is 15.0 Å². The Kier molecular flexibility index (Phi) is 3.41. The van der Waals surface area contributed by atoms with E-state index in [2.05, 4.69) is 35.5 Å². The van der Waals surface area contributed by atoms with E-state index in [1.165, 1.54) is 0 Å². The summed E-state index contributed by atoms with van der Waals surface area (Å²) in [6, 6.07) is 0. The third-order valence-corrected chi connectivity index (χ3v) is 2.81. The number of nitrogens with two attached hydrogens (primary N) is 1. The smallest absolute Gasteiger partial charge is 0.241 e. The first-order chi connectivity index (χ1) is 10.2. The average Bonchev–Trinajstić information content (AvgIpc) is 3.10. The molecule has 3 heterocycles. The van der Waals surface area contributed by atoms with Crippen LogP contribution in [0.2, 0.25) is 0 Å². The summed E-state index contributed by atoms with van der Waals surface area (Å²) in [6.45, 7) is 0.610. The molecule has 0 unspecified atom stereocenters. The Balaban J connectivity index is 1.69. The fraction of sp³-hybridized carbons (Fsp3) is 0.273. The molecule has 10 heteroatoms. The first kappa shape index (κ1) is 13.0. The Hall–Kier alpha value is -3.04. The van der Waals surface area contributed by atoms with Gasteiger partial charge in [0, 0.05) is 32.4 Å². The van der Waals surface area contributed by atoms with Crippen molar-refractivity contribution in [1.29, 1.82) is 0 Å². The highest BCUT2D eigenvalue weighted by atomic mass is 15.3. The zero-order valence-electron chi connectivity index (χ0n) is 11.4. The topological polar surface area (TPSA) is 125 Å². The number of hydrogen-bond donors (Lipinski definition) is 2. The molecule has 108 valence electrons. The first-order valence-corrected chi connectivity index (χ1v) is 6.29. The molecular formula is C11H14N10. The Morgan fingerprint density at radius 3 is 2.86 bits per heavy atom. The number of aryl methyl sites for hydroxylation is 1. The monoisotopic (exact) mass is 286 g/mol. The van der Waals surface area contributed by atoms with E-state index in [0.717, 1.165) is 5.82 Å². The number of imidazole rings is 1. The van der Waals surface area contributed by atoms with E-state index in [9.17, 15) is 0 Å². The molecule has 0 aliphatic carbocycles. The van der Waals surface area contributed by atoms with Gasteiger partial charge in [-0.05, 0) is 0 Å². The Labute approximate surface area is 120 Å². The highest BCUT2D eigenvalue weighted by molar-refractivity contribution is 5.35. The molecule has 21 heavy (non-hydrogen) atoms. The van der Waals surface area contributed by atoms with Crippen molar-refractivity contribution in [3.8, 4) is 5.95 Å². The molecule has 3 aromatic heterocycles. The molecule has 0 saturated carbocycles. The van der Waals surface area contributed by atoms with Crippen LogP contribution in [-0.4, -0.2) is 45.8 Å². The summed E-state index contributed by atoms with van der Waals surface area (Å²) in [4.78, 5) is 16.3. The number of nitrogen functional groups attached to an aromatic ring is 1. The van der Waals surface area contributed by atoms with Crippen molar-refractivity contribution in [3.05, 3.63) is 30.9 Å². The van der Waals surface area contributed by atoms with Gasteiger partial charge in [0.05, 0.1) is 0 Å². The zero-order chi connectivity index (χ0) is 14.7. The van der Waals surface area contributed by atoms with Gasteiger partial charge in [-0.25, -0.2) is 4.98 Å². The zero-order valence-corrected chi connectivity index (χ0v) is 11.4. The number of aromatic nitrogens is 8. The van der Waals surface area contributed by atoms with Crippen molar-refractivity contribution >= 4 is 11.9 Å². The highest BCUT2D eigenvalue weighted by Gasteiger charge is 2.06. The summed E-state index contributed by atoms with van der Waals surface area (Å²) < 4.78 is 3.52. The van der Waals surface area contributed by atoms with Crippen molar-refractivity contribution in [3.63, 3.8) is 0 Å². The predicted octanol–water partition coefficient (Wildman–Crippen LogP) is -0.577. The number of hydrogen-bond acceptors (Lipinski definition) is 8. The van der Waals surface area contributed by atoms with Crippen LogP contribution in [0.4, 0.5) is 11.9 Å². The maximum absolute atomic E-state index is 5.69. The van der Waals surface area contributed by atoms with Gasteiger partial charge in [0.15, 0.2) is 0 Å². The summed E-state index contributed by atoms with van der Waals surface area (Å²) in [5.41, 5.74) is 5.69. The average molecular weight is 286 g/mol. The van der Waals surface area contributed by atoms with Crippen molar-refractivity contribution < 1.29 is 0 Å². The minimum absolute atomic E-state index is 0.148. The Bertz CT molecular complexity index is 716. The summed E-state index contributed by atoms with van der Waals surface area (Å²) in [5, 5.41) is 10.9. The number of rotatable bonds is 5. The second-order valence-electron chi connectivity index (χ2n) is 4.32. The van der Waals surface area contributed by atoms with Gasteiger partial charge in [-0.3, -0.25) is 4.57 Å². The standard InChI is InChI=1S/C11H14N10/c1-20-7-15-19-8(20)2-3-14-10-16-9(12)17-11(18-10)21-5-4-13-6-21/h4-7H,2-3H2,1H3,(H3,12,14,16,17,18). The van der Waals surface area contributed by atoms with E-state index < -0.39 is 0 Å². The van der Waals surface area contributed by atoms with Crippen LogP contribution in [0.25, 0.3) is 5.95 Å². The van der Waals surface area contributed by atoms with Crippen molar-refractivity contribution in [2.24, 2.45) is 7.05 Å². The molecule has 0 aromatic carbocycles. The molecule has 3 rings (SSSR count). The maximum Gasteiger partial charge on any atom is 0.241 e. The number of nitrogens with one attached hydrogen (secondary N) is 1. The maximum atomic E-state index is 5.69. The van der Waals surface area contributed by atoms with Gasteiger partial charge in [0.1, 0.15) is 18.5 Å². The molecule has 0 aliphatic rings. The van der Waals surface area contributed by atoms with Crippen LogP contribution in [0, 0.1) is 0 Å². The van der Waals surface area contributed by atoms with E-state index in [4.69, 9.17) is 5.73 Å². The van der Waals surface area contributed by atoms with Crippen LogP contribution in [0.5, 0.6) is 0 Å². The summed E-state index contributed by atoms with van der Waals surface area (Å²) in [7, 11) is 1.90. The van der Waals surface area contributed by atoms with Gasteiger partial charge in [0.25, 0.3) is 0 Å². The summed E-state index contributed by atoms with van der Waals surface area (Å²) >= 11 is 0. The third kappa shape index (κ3) is 2.94. The lowest BCUT2D eigenvalue weighted by Crippen LogP contribution is -2.14. The largest absolute Gasteiger partial charge is 0.368 e. The van der Waals surface area contributed by atoms with E-state index >= 15 is 0 Å². The van der Waals surface area contributed by atoms with Crippen molar-refractivity contribution in [2.75, 3.05) is 17.6 Å². The fourth-order valence-corrected chi connectivity index (χ4v) is 1.77. The van der Waals surface area contributed by atoms with Gasteiger partial charge in [0.2, 0.25) is 17.8 Å². The number of anilines is 2. The molecule has 0 aliphatic heterocycles. The van der Waals surface area contributed by atoms with Crippen LogP contribution in [-0.2, 0) is 13.5 Å². The summed E-state index contributed by atoms with van der Waals surface area (Å²) in [5.74, 6) is 1.85. The lowest BCUT2D eigenvalue weighted by molar-refractivity contribution is 0.784. The molecule has 0 spiro atoms. The molecule has 0 saturated heterocycles. The predicted molar refractivity (Wildman–Crippen MR) is 74.6 cm³/mol. The minimum atomic E-state index is 0.148. The Morgan fingerprint density at radius 2 is 2.14 bits per heavy atom. The molecule has 0 radical (unpaired) electrons. The van der Waals surface area contributed by atoms with Gasteiger partial charge in [-0.15, -0.1) is 10.2 Å². The van der Waals surface area contributed by atoms with Gasteiger partial charge in [-0.1, -0.05) is 0 Å². The molecule has 0 bridgehead atoms. The van der Waals surface area contributed by atoms with Gasteiger partial charge < -0.3 is 15.6 Å². The summed E-state index contributed by atoms with van der Waals surface area (Å²) in [6.07, 6.45) is 7.33. The van der Waals surface area contributed by atoms with Crippen LogP contribution >= 0.6 is 0 Å². The number of nitrogens with zero attached hydrogens (tertiary/aromatic N) is 8. The van der Waals surface area contributed by atoms with E-state index in [-0.39, 0.29) is 5.95 Å². The van der Waals surface area contributed by atoms with Crippen LogP contribution < -0.4 is 11.1 Å². The Morgan fingerprint density at radius 1 is 1.24 bits per heavy atom. The van der Waals surface area contributed by atoms with E-state index in [1.807, 2.05) is 11.6 Å². The second kappa shape index (κ2) is 5.53. The van der Waals surface area contributed by atoms with Gasteiger partial charge >= 0.3 is 0 Å². The lowest BCUT2D eigenvalue weighted by atomic mass is 10.4. The minimum Gasteiger partial charge on any atom is -0.368 e. The lowest BCUT2D eigenvalue weighted by Gasteiger charge is -2.07.